The Morgan fingerprint density at radius 1 is 1.25 bits per heavy atom. The predicted molar refractivity (Wildman–Crippen MR) is 69.8 cm³/mol. The summed E-state index contributed by atoms with van der Waals surface area (Å²) in [5, 5.41) is 4.53. The molecule has 5 heteroatoms. The van der Waals surface area contributed by atoms with Crippen molar-refractivity contribution >= 4 is 40.6 Å². The van der Waals surface area contributed by atoms with Crippen molar-refractivity contribution < 1.29 is 0 Å². The predicted octanol–water partition coefficient (Wildman–Crippen LogP) is 4.35. The molecule has 0 spiro atoms. The fraction of sp³-hybridized carbons (Fsp3) is 0.545. The lowest BCUT2D eigenvalue weighted by atomic mass is 9.95. The van der Waals surface area contributed by atoms with Gasteiger partial charge in [0.05, 0.1) is 15.4 Å². The molecule has 2 atom stereocenters. The van der Waals surface area contributed by atoms with Crippen LogP contribution in [0.1, 0.15) is 25.7 Å². The second kappa shape index (κ2) is 5.44. The van der Waals surface area contributed by atoms with E-state index in [2.05, 4.69) is 10.3 Å². The van der Waals surface area contributed by atoms with E-state index in [1.165, 1.54) is 12.8 Å². The van der Waals surface area contributed by atoms with Gasteiger partial charge in [0.1, 0.15) is 5.82 Å². The zero-order valence-corrected chi connectivity index (χ0v) is 11.0. The Bertz CT molecular complexity index is 370. The van der Waals surface area contributed by atoms with Gasteiger partial charge < -0.3 is 5.32 Å². The van der Waals surface area contributed by atoms with Crippen molar-refractivity contribution in [2.75, 3.05) is 5.32 Å². The molecule has 1 heterocycles. The van der Waals surface area contributed by atoms with Gasteiger partial charge in [0.15, 0.2) is 0 Å². The van der Waals surface area contributed by atoms with E-state index in [1.54, 1.807) is 12.3 Å². The number of hydrogen-bond donors (Lipinski definition) is 1. The number of alkyl halides is 1. The van der Waals surface area contributed by atoms with Crippen molar-refractivity contribution in [2.24, 2.45) is 0 Å². The summed E-state index contributed by atoms with van der Waals surface area (Å²) >= 11 is 18.1. The smallest absolute Gasteiger partial charge is 0.145 e. The first-order chi connectivity index (χ1) is 7.66. The first-order valence-electron chi connectivity index (χ1n) is 5.38. The zero-order chi connectivity index (χ0) is 11.5. The van der Waals surface area contributed by atoms with Crippen LogP contribution >= 0.6 is 34.8 Å². The van der Waals surface area contributed by atoms with E-state index in [0.29, 0.717) is 15.9 Å². The van der Waals surface area contributed by atoms with Crippen LogP contribution in [-0.4, -0.2) is 16.4 Å². The van der Waals surface area contributed by atoms with Gasteiger partial charge in [-0.2, -0.15) is 0 Å². The maximum Gasteiger partial charge on any atom is 0.145 e. The maximum atomic E-state index is 6.26. The summed E-state index contributed by atoms with van der Waals surface area (Å²) in [5.41, 5.74) is 0. The summed E-state index contributed by atoms with van der Waals surface area (Å²) in [6, 6.07) is 1.94. The van der Waals surface area contributed by atoms with E-state index in [4.69, 9.17) is 34.8 Å². The highest BCUT2D eigenvalue weighted by atomic mass is 35.5. The van der Waals surface area contributed by atoms with Crippen LogP contribution in [0.2, 0.25) is 10.0 Å². The number of rotatable bonds is 2. The van der Waals surface area contributed by atoms with Crippen molar-refractivity contribution in [3.8, 4) is 0 Å². The Kier molecular flexibility index (Phi) is 4.17. The van der Waals surface area contributed by atoms with Crippen molar-refractivity contribution in [3.63, 3.8) is 0 Å². The van der Waals surface area contributed by atoms with Crippen LogP contribution < -0.4 is 5.32 Å². The molecule has 0 radical (unpaired) electrons. The van der Waals surface area contributed by atoms with E-state index >= 15 is 0 Å². The van der Waals surface area contributed by atoms with Gasteiger partial charge in [-0.3, -0.25) is 0 Å². The number of pyridine rings is 1. The van der Waals surface area contributed by atoms with Crippen LogP contribution in [0, 0.1) is 0 Å². The molecule has 0 amide bonds. The van der Waals surface area contributed by atoms with E-state index in [-0.39, 0.29) is 11.4 Å². The van der Waals surface area contributed by atoms with Gasteiger partial charge in [-0.15, -0.1) is 11.6 Å². The van der Waals surface area contributed by atoms with Gasteiger partial charge in [0.2, 0.25) is 0 Å². The average Bonchev–Trinajstić information content (AvgIpc) is 2.25. The Labute approximate surface area is 110 Å². The highest BCUT2D eigenvalue weighted by molar-refractivity contribution is 6.36. The van der Waals surface area contributed by atoms with Gasteiger partial charge in [0.25, 0.3) is 0 Å². The summed E-state index contributed by atoms with van der Waals surface area (Å²) in [4.78, 5) is 4.17. The van der Waals surface area contributed by atoms with E-state index in [1.807, 2.05) is 0 Å². The van der Waals surface area contributed by atoms with E-state index < -0.39 is 0 Å². The molecule has 1 saturated carbocycles. The molecule has 1 aliphatic rings. The lowest BCUT2D eigenvalue weighted by Crippen LogP contribution is -2.33. The van der Waals surface area contributed by atoms with Crippen LogP contribution in [0.15, 0.2) is 12.3 Å². The monoisotopic (exact) mass is 278 g/mol. The average molecular weight is 280 g/mol. The highest BCUT2D eigenvalue weighted by Gasteiger charge is 2.23. The quantitative estimate of drug-likeness (QED) is 0.814. The molecule has 0 aromatic carbocycles. The lowest BCUT2D eigenvalue weighted by Gasteiger charge is -2.28. The summed E-state index contributed by atoms with van der Waals surface area (Å²) < 4.78 is 0. The Balaban J connectivity index is 2.07. The zero-order valence-electron chi connectivity index (χ0n) is 8.72. The first-order valence-corrected chi connectivity index (χ1v) is 6.57. The minimum absolute atomic E-state index is 0.155. The number of aromatic nitrogens is 1. The Morgan fingerprint density at radius 3 is 2.69 bits per heavy atom. The molecule has 1 fully saturated rings. The van der Waals surface area contributed by atoms with Crippen molar-refractivity contribution in [3.05, 3.63) is 22.3 Å². The molecule has 2 unspecified atom stereocenters. The number of anilines is 1. The van der Waals surface area contributed by atoms with Crippen molar-refractivity contribution in [1.29, 1.82) is 0 Å². The summed E-state index contributed by atoms with van der Waals surface area (Å²) in [6.45, 7) is 0. The van der Waals surface area contributed by atoms with Gasteiger partial charge >= 0.3 is 0 Å². The maximum absolute atomic E-state index is 6.26. The molecule has 1 aliphatic carbocycles. The molecule has 2 nitrogen and oxygen atoms in total. The molecular weight excluding hydrogens is 266 g/mol. The molecule has 0 saturated heterocycles. The van der Waals surface area contributed by atoms with Crippen molar-refractivity contribution in [2.45, 2.75) is 37.1 Å². The molecule has 0 aliphatic heterocycles. The number of hydrogen-bond acceptors (Lipinski definition) is 2. The second-order valence-corrected chi connectivity index (χ2v) is 5.44. The highest BCUT2D eigenvalue weighted by Crippen LogP contribution is 2.29. The fourth-order valence-corrected chi connectivity index (χ4v) is 2.72. The molecule has 88 valence electrons. The normalized spacial score (nSPS) is 25.4. The molecule has 2 rings (SSSR count). The van der Waals surface area contributed by atoms with Crippen LogP contribution in [0.3, 0.4) is 0 Å². The van der Waals surface area contributed by atoms with Gasteiger partial charge in [0, 0.05) is 12.2 Å². The first kappa shape index (κ1) is 12.3. The lowest BCUT2D eigenvalue weighted by molar-refractivity contribution is 0.468. The largest absolute Gasteiger partial charge is 0.365 e. The molecule has 16 heavy (non-hydrogen) atoms. The van der Waals surface area contributed by atoms with Crippen molar-refractivity contribution in [1.82, 2.24) is 4.98 Å². The van der Waals surface area contributed by atoms with E-state index in [0.717, 1.165) is 12.8 Å². The van der Waals surface area contributed by atoms with Crippen LogP contribution in [0.25, 0.3) is 0 Å². The van der Waals surface area contributed by atoms with Gasteiger partial charge in [-0.1, -0.05) is 36.0 Å². The third-order valence-electron chi connectivity index (χ3n) is 2.81. The molecule has 1 N–H and O–H groups in total. The minimum atomic E-state index is 0.155. The van der Waals surface area contributed by atoms with E-state index in [9.17, 15) is 0 Å². The second-order valence-electron chi connectivity index (χ2n) is 4.04. The number of nitrogens with one attached hydrogen (secondary N) is 1. The molecule has 1 aromatic rings. The Hall–Kier alpha value is -0.180. The molecule has 1 aromatic heterocycles. The third kappa shape index (κ3) is 2.93. The van der Waals surface area contributed by atoms with Crippen LogP contribution in [-0.2, 0) is 0 Å². The third-order valence-corrected chi connectivity index (χ3v) is 3.83. The standard InChI is InChI=1S/C11H13Cl3N2/c12-7-5-9(14)11(15-6-7)16-10-4-2-1-3-8(10)13/h5-6,8,10H,1-4H2,(H,15,16). The SMILES string of the molecule is Clc1cnc(NC2CCCCC2Cl)c(Cl)c1. The topological polar surface area (TPSA) is 24.9 Å². The summed E-state index contributed by atoms with van der Waals surface area (Å²) in [6.07, 6.45) is 6.10. The Morgan fingerprint density at radius 2 is 2.00 bits per heavy atom. The minimum Gasteiger partial charge on any atom is -0.365 e. The summed E-state index contributed by atoms with van der Waals surface area (Å²) in [7, 11) is 0. The van der Waals surface area contributed by atoms with Crippen LogP contribution in [0.4, 0.5) is 5.82 Å². The van der Waals surface area contributed by atoms with Gasteiger partial charge in [-0.25, -0.2) is 4.98 Å². The number of halogens is 3. The summed E-state index contributed by atoms with van der Waals surface area (Å²) in [5.74, 6) is 0.670. The van der Waals surface area contributed by atoms with Crippen LogP contribution in [0.5, 0.6) is 0 Å². The molecular formula is C11H13Cl3N2. The fourth-order valence-electron chi connectivity index (χ4n) is 1.94. The molecule has 0 bridgehead atoms. The number of nitrogens with zero attached hydrogens (tertiary/aromatic N) is 1. The van der Waals surface area contributed by atoms with Gasteiger partial charge in [-0.05, 0) is 18.9 Å².